The molecular formula is C28H30FN5O2S2. The summed E-state index contributed by atoms with van der Waals surface area (Å²) in [5, 5.41) is 5.23. The minimum absolute atomic E-state index is 0.269. The van der Waals surface area contributed by atoms with E-state index in [-0.39, 0.29) is 10.7 Å². The molecule has 1 aliphatic heterocycles. The van der Waals surface area contributed by atoms with E-state index in [2.05, 4.69) is 45.6 Å². The van der Waals surface area contributed by atoms with Gasteiger partial charge >= 0.3 is 0 Å². The van der Waals surface area contributed by atoms with Crippen molar-refractivity contribution in [3.8, 4) is 11.3 Å². The number of hydrogen-bond donors (Lipinski definition) is 1. The number of aryl methyl sites for hydroxylation is 1. The Morgan fingerprint density at radius 1 is 1.05 bits per heavy atom. The van der Waals surface area contributed by atoms with Crippen LogP contribution in [0.4, 0.5) is 16.0 Å². The zero-order valence-corrected chi connectivity index (χ0v) is 23.0. The molecule has 0 unspecified atom stereocenters. The topological polar surface area (TPSA) is 78.4 Å². The lowest BCUT2D eigenvalue weighted by Crippen LogP contribution is -2.45. The van der Waals surface area contributed by atoms with Gasteiger partial charge in [0, 0.05) is 48.0 Å². The van der Waals surface area contributed by atoms with Gasteiger partial charge in [-0.1, -0.05) is 0 Å². The Kier molecular flexibility index (Phi) is 7.85. The second-order valence-electron chi connectivity index (χ2n) is 9.50. The third-order valence-electron chi connectivity index (χ3n) is 6.95. The number of hydrogen-bond acceptors (Lipinski definition) is 7. The number of halogens is 1. The molecule has 0 radical (unpaired) electrons. The summed E-state index contributed by atoms with van der Waals surface area (Å²) in [5.41, 5.74) is 3.41. The van der Waals surface area contributed by atoms with Gasteiger partial charge in [-0.3, -0.25) is 4.90 Å². The lowest BCUT2D eigenvalue weighted by molar-refractivity contribution is 0.163. The van der Waals surface area contributed by atoms with E-state index in [9.17, 15) is 12.8 Å². The van der Waals surface area contributed by atoms with Crippen LogP contribution < -0.4 is 5.32 Å². The molecule has 0 bridgehead atoms. The highest BCUT2D eigenvalue weighted by molar-refractivity contribution is 7.89. The molecule has 198 valence electrons. The van der Waals surface area contributed by atoms with E-state index < -0.39 is 10.0 Å². The first-order valence-electron chi connectivity index (χ1n) is 12.5. The van der Waals surface area contributed by atoms with Crippen molar-refractivity contribution in [2.75, 3.05) is 25.5 Å². The van der Waals surface area contributed by atoms with Crippen molar-refractivity contribution in [2.24, 2.45) is 0 Å². The van der Waals surface area contributed by atoms with Crippen LogP contribution in [0.5, 0.6) is 0 Å². The second kappa shape index (κ2) is 11.3. The smallest absolute Gasteiger partial charge is 0.243 e. The predicted octanol–water partition coefficient (Wildman–Crippen LogP) is 5.68. The van der Waals surface area contributed by atoms with Gasteiger partial charge in [0.2, 0.25) is 16.0 Å². The van der Waals surface area contributed by atoms with E-state index >= 15 is 0 Å². The lowest BCUT2D eigenvalue weighted by atomic mass is 10.1. The minimum Gasteiger partial charge on any atom is -0.324 e. The van der Waals surface area contributed by atoms with Crippen molar-refractivity contribution in [1.82, 2.24) is 19.2 Å². The normalized spacial score (nSPS) is 15.2. The number of anilines is 2. The van der Waals surface area contributed by atoms with Crippen LogP contribution in [0.3, 0.4) is 0 Å². The van der Waals surface area contributed by atoms with Gasteiger partial charge in [0.1, 0.15) is 5.82 Å². The highest BCUT2D eigenvalue weighted by Crippen LogP contribution is 2.27. The number of benzene rings is 2. The summed E-state index contributed by atoms with van der Waals surface area (Å²) < 4.78 is 41.4. The molecule has 3 heterocycles. The van der Waals surface area contributed by atoms with Gasteiger partial charge < -0.3 is 5.32 Å². The maximum atomic E-state index is 13.3. The molecule has 2 aromatic heterocycles. The van der Waals surface area contributed by atoms with Crippen LogP contribution in [-0.4, -0.2) is 53.8 Å². The number of rotatable bonds is 8. The Bertz CT molecular complexity index is 1480. The molecule has 0 atom stereocenters. The minimum atomic E-state index is -3.58. The highest BCUT2D eigenvalue weighted by atomic mass is 32.2. The Morgan fingerprint density at radius 3 is 2.42 bits per heavy atom. The number of piperidine rings is 1. The summed E-state index contributed by atoms with van der Waals surface area (Å²) in [6.07, 6.45) is 3.23. The Morgan fingerprint density at radius 2 is 1.76 bits per heavy atom. The Balaban J connectivity index is 1.20. The molecule has 1 N–H and O–H groups in total. The number of nitrogens with one attached hydrogen (secondary N) is 1. The lowest BCUT2D eigenvalue weighted by Gasteiger charge is -2.36. The van der Waals surface area contributed by atoms with Gasteiger partial charge in [-0.2, -0.15) is 4.31 Å². The van der Waals surface area contributed by atoms with Crippen LogP contribution in [-0.2, 0) is 16.6 Å². The van der Waals surface area contributed by atoms with Gasteiger partial charge in [0.25, 0.3) is 0 Å². The van der Waals surface area contributed by atoms with Crippen LogP contribution in [0.15, 0.2) is 77.1 Å². The molecule has 0 spiro atoms. The third kappa shape index (κ3) is 5.94. The zero-order valence-electron chi connectivity index (χ0n) is 21.3. The van der Waals surface area contributed by atoms with E-state index in [0.717, 1.165) is 24.9 Å². The number of aromatic nitrogens is 2. The molecule has 5 rings (SSSR count). The average Bonchev–Trinajstić information content (AvgIpc) is 3.33. The fraction of sp³-hybridized carbons (Fsp3) is 0.286. The van der Waals surface area contributed by atoms with Gasteiger partial charge in [0.05, 0.1) is 10.6 Å². The summed E-state index contributed by atoms with van der Waals surface area (Å²) in [6.45, 7) is 4.04. The predicted molar refractivity (Wildman–Crippen MR) is 149 cm³/mol. The molecule has 38 heavy (non-hydrogen) atoms. The maximum Gasteiger partial charge on any atom is 0.243 e. The van der Waals surface area contributed by atoms with Crippen LogP contribution in [0, 0.1) is 12.7 Å². The molecule has 0 saturated carbocycles. The second-order valence-corrected chi connectivity index (χ2v) is 12.4. The van der Waals surface area contributed by atoms with Crippen molar-refractivity contribution in [2.45, 2.75) is 37.2 Å². The van der Waals surface area contributed by atoms with Crippen LogP contribution >= 0.6 is 11.3 Å². The first-order chi connectivity index (χ1) is 18.3. The van der Waals surface area contributed by atoms with Gasteiger partial charge in [-0.25, -0.2) is 22.8 Å². The molecule has 2 aromatic carbocycles. The van der Waals surface area contributed by atoms with Gasteiger partial charge in [-0.05, 0) is 98.4 Å². The molecule has 1 saturated heterocycles. The fourth-order valence-corrected chi connectivity index (χ4v) is 7.07. The summed E-state index contributed by atoms with van der Waals surface area (Å²) in [5.74, 6) is 0.0588. The van der Waals surface area contributed by atoms with E-state index in [1.54, 1.807) is 64.3 Å². The zero-order chi connectivity index (χ0) is 26.7. The Labute approximate surface area is 227 Å². The molecule has 10 heteroatoms. The van der Waals surface area contributed by atoms with E-state index in [0.29, 0.717) is 36.5 Å². The van der Waals surface area contributed by atoms with Crippen LogP contribution in [0.25, 0.3) is 11.3 Å². The monoisotopic (exact) mass is 551 g/mol. The molecule has 4 aromatic rings. The molecular weight excluding hydrogens is 521 g/mol. The number of nitrogens with zero attached hydrogens (tertiary/aromatic N) is 4. The third-order valence-corrected chi connectivity index (χ3v) is 9.87. The molecule has 7 nitrogen and oxygen atoms in total. The van der Waals surface area contributed by atoms with Crippen molar-refractivity contribution >= 4 is 33.0 Å². The van der Waals surface area contributed by atoms with Crippen molar-refractivity contribution < 1.29 is 12.8 Å². The summed E-state index contributed by atoms with van der Waals surface area (Å²) in [6, 6.07) is 17.0. The largest absolute Gasteiger partial charge is 0.324 e. The van der Waals surface area contributed by atoms with Crippen molar-refractivity contribution in [1.29, 1.82) is 0 Å². The molecule has 1 aliphatic rings. The quantitative estimate of drug-likeness (QED) is 0.304. The van der Waals surface area contributed by atoms with E-state index in [1.807, 2.05) is 0 Å². The highest BCUT2D eigenvalue weighted by Gasteiger charge is 2.31. The molecule has 0 aliphatic carbocycles. The van der Waals surface area contributed by atoms with E-state index in [1.165, 1.54) is 22.6 Å². The molecule has 1 fully saturated rings. The summed E-state index contributed by atoms with van der Waals surface area (Å²) >= 11 is 1.77. The standard InChI is InChI=1S/C28H30FN5O2S2/c1-20-14-18-37-27(20)19-33(2)24-12-16-34(17-13-24)38(35,36)25-9-7-23(8-10-25)31-28-30-15-11-26(32-28)21-3-5-22(29)6-4-21/h3-11,14-15,18,24H,12-13,16-17,19H2,1-2H3,(H,30,31,32). The van der Waals surface area contributed by atoms with E-state index in [4.69, 9.17) is 0 Å². The van der Waals surface area contributed by atoms with Gasteiger partial charge in [-0.15, -0.1) is 11.3 Å². The SMILES string of the molecule is Cc1ccsc1CN(C)C1CCN(S(=O)(=O)c2ccc(Nc3nccc(-c4ccc(F)cc4)n3)cc2)CC1. The number of thiophene rings is 1. The summed E-state index contributed by atoms with van der Waals surface area (Å²) in [7, 11) is -1.45. The van der Waals surface area contributed by atoms with Crippen LogP contribution in [0.2, 0.25) is 0 Å². The maximum absolute atomic E-state index is 13.3. The first-order valence-corrected chi connectivity index (χ1v) is 14.8. The van der Waals surface area contributed by atoms with Crippen LogP contribution in [0.1, 0.15) is 23.3 Å². The average molecular weight is 552 g/mol. The van der Waals surface area contributed by atoms with Crippen molar-refractivity contribution in [3.63, 3.8) is 0 Å². The summed E-state index contributed by atoms with van der Waals surface area (Å²) in [4.78, 5) is 12.7. The molecule has 0 amide bonds. The number of sulfonamides is 1. The fourth-order valence-electron chi connectivity index (χ4n) is 4.63. The Hall–Kier alpha value is -3.18. The van der Waals surface area contributed by atoms with Gasteiger partial charge in [0.15, 0.2) is 0 Å². The first kappa shape index (κ1) is 26.4. The van der Waals surface area contributed by atoms with Crippen molar-refractivity contribution in [3.05, 3.63) is 88.5 Å².